The number of fused-ring (bicyclic) bond motifs is 1. The Hall–Kier alpha value is -3.67. The fourth-order valence-corrected chi connectivity index (χ4v) is 3.27. The largest absolute Gasteiger partial charge is 0.356 e. The van der Waals surface area contributed by atoms with Crippen molar-refractivity contribution in [2.75, 3.05) is 11.9 Å². The third-order valence-electron chi connectivity index (χ3n) is 4.66. The normalized spacial score (nSPS) is 10.8. The topological polar surface area (TPSA) is 71.8 Å². The first-order valence-corrected chi connectivity index (χ1v) is 9.76. The second kappa shape index (κ2) is 8.56. The smallest absolute Gasteiger partial charge is 0.224 e. The molecular formula is C23H23N5O. The van der Waals surface area contributed by atoms with Gasteiger partial charge in [0.05, 0.1) is 11.9 Å². The third-order valence-corrected chi connectivity index (χ3v) is 4.66. The average Bonchev–Trinajstić information content (AvgIpc) is 3.12. The first-order chi connectivity index (χ1) is 14.2. The zero-order valence-electron chi connectivity index (χ0n) is 16.3. The number of benzene rings is 2. The second-order valence-electron chi connectivity index (χ2n) is 6.84. The van der Waals surface area contributed by atoms with Crippen molar-refractivity contribution in [3.8, 4) is 5.82 Å². The van der Waals surface area contributed by atoms with E-state index in [9.17, 15) is 4.79 Å². The molecule has 0 aliphatic carbocycles. The van der Waals surface area contributed by atoms with E-state index in [0.29, 0.717) is 24.6 Å². The molecular weight excluding hydrogens is 362 g/mol. The van der Waals surface area contributed by atoms with Crippen LogP contribution in [0, 0.1) is 0 Å². The fourth-order valence-electron chi connectivity index (χ4n) is 3.27. The molecule has 2 heterocycles. The van der Waals surface area contributed by atoms with Crippen LogP contribution in [0.15, 0.2) is 72.9 Å². The molecule has 2 aromatic heterocycles. The number of hydrogen-bond acceptors (Lipinski definition) is 4. The molecule has 0 bridgehead atoms. The van der Waals surface area contributed by atoms with Crippen molar-refractivity contribution in [2.24, 2.45) is 0 Å². The van der Waals surface area contributed by atoms with Gasteiger partial charge in [-0.05, 0) is 42.3 Å². The molecule has 4 rings (SSSR count). The first-order valence-electron chi connectivity index (χ1n) is 9.76. The Morgan fingerprint density at radius 3 is 2.52 bits per heavy atom. The highest BCUT2D eigenvalue weighted by molar-refractivity contribution is 5.90. The molecule has 1 amide bonds. The van der Waals surface area contributed by atoms with Crippen LogP contribution in [-0.2, 0) is 11.2 Å². The van der Waals surface area contributed by atoms with Gasteiger partial charge in [0.25, 0.3) is 0 Å². The maximum absolute atomic E-state index is 12.2. The highest BCUT2D eigenvalue weighted by Crippen LogP contribution is 2.25. The van der Waals surface area contributed by atoms with Crippen LogP contribution in [0.5, 0.6) is 0 Å². The van der Waals surface area contributed by atoms with Crippen molar-refractivity contribution in [2.45, 2.75) is 19.8 Å². The molecule has 0 aliphatic heterocycles. The summed E-state index contributed by atoms with van der Waals surface area (Å²) < 4.78 is 1.98. The number of nitrogens with zero attached hydrogens (tertiary/aromatic N) is 3. The molecule has 0 radical (unpaired) electrons. The molecule has 0 fully saturated rings. The predicted octanol–water partition coefficient (Wildman–Crippen LogP) is 4.23. The van der Waals surface area contributed by atoms with E-state index >= 15 is 0 Å². The minimum atomic E-state index is 0.0308. The lowest BCUT2D eigenvalue weighted by Crippen LogP contribution is -2.25. The van der Waals surface area contributed by atoms with E-state index in [1.165, 1.54) is 0 Å². The molecule has 2 N–H and O–H groups in total. The number of carbonyl (C=O) groups is 1. The van der Waals surface area contributed by atoms with Gasteiger partial charge in [-0.3, -0.25) is 9.36 Å². The molecule has 0 unspecified atom stereocenters. The van der Waals surface area contributed by atoms with E-state index in [2.05, 4.69) is 20.8 Å². The Balaban J connectivity index is 1.61. The van der Waals surface area contributed by atoms with E-state index in [-0.39, 0.29) is 5.91 Å². The lowest BCUT2D eigenvalue weighted by Gasteiger charge is -2.07. The number of amides is 1. The highest BCUT2D eigenvalue weighted by Gasteiger charge is 2.13. The molecule has 0 atom stereocenters. The fraction of sp³-hybridized carbons (Fsp3) is 0.174. The number of carbonyl (C=O) groups excluding carboxylic acids is 1. The lowest BCUT2D eigenvalue weighted by atomic mass is 10.1. The summed E-state index contributed by atoms with van der Waals surface area (Å²) in [5.74, 6) is 1.42. The minimum absolute atomic E-state index is 0.0308. The van der Waals surface area contributed by atoms with Crippen LogP contribution in [0.3, 0.4) is 0 Å². The van der Waals surface area contributed by atoms with Crippen LogP contribution in [0.25, 0.3) is 16.7 Å². The average molecular weight is 385 g/mol. The zero-order valence-corrected chi connectivity index (χ0v) is 16.3. The van der Waals surface area contributed by atoms with Gasteiger partial charge in [0.1, 0.15) is 0 Å². The van der Waals surface area contributed by atoms with Gasteiger partial charge in [0, 0.05) is 23.8 Å². The molecule has 0 aliphatic rings. The minimum Gasteiger partial charge on any atom is -0.356 e. The Bertz CT molecular complexity index is 1100. The molecule has 0 saturated carbocycles. The standard InChI is InChI=1S/C23H23N5O/c1-2-14-24-23(29)15-17-16-28(20-11-7-6-10-19(17)20)22-13-12-21(26-27-22)25-18-8-4-3-5-9-18/h3-13,16H,2,14-15H2,1H3,(H,24,29)(H,25,26). The van der Waals surface area contributed by atoms with Crippen molar-refractivity contribution in [1.82, 2.24) is 20.1 Å². The van der Waals surface area contributed by atoms with Crippen molar-refractivity contribution in [3.63, 3.8) is 0 Å². The SMILES string of the molecule is CCCNC(=O)Cc1cn(-c2ccc(Nc3ccccc3)nn2)c2ccccc12. The summed E-state index contributed by atoms with van der Waals surface area (Å²) in [5, 5.41) is 15.9. The summed E-state index contributed by atoms with van der Waals surface area (Å²) in [6, 6.07) is 21.7. The van der Waals surface area contributed by atoms with Gasteiger partial charge in [-0.25, -0.2) is 0 Å². The summed E-state index contributed by atoms with van der Waals surface area (Å²) in [6.45, 7) is 2.74. The summed E-state index contributed by atoms with van der Waals surface area (Å²) in [5.41, 5.74) is 2.94. The highest BCUT2D eigenvalue weighted by atomic mass is 16.1. The number of aromatic nitrogens is 3. The Morgan fingerprint density at radius 2 is 1.76 bits per heavy atom. The van der Waals surface area contributed by atoms with Crippen LogP contribution in [0.4, 0.5) is 11.5 Å². The maximum atomic E-state index is 12.2. The van der Waals surface area contributed by atoms with E-state index in [1.807, 2.05) is 84.4 Å². The lowest BCUT2D eigenvalue weighted by molar-refractivity contribution is -0.120. The summed E-state index contributed by atoms with van der Waals surface area (Å²) >= 11 is 0. The molecule has 0 spiro atoms. The number of rotatable bonds is 7. The summed E-state index contributed by atoms with van der Waals surface area (Å²) in [7, 11) is 0. The molecule has 6 nitrogen and oxygen atoms in total. The van der Waals surface area contributed by atoms with E-state index in [4.69, 9.17) is 0 Å². The monoisotopic (exact) mass is 385 g/mol. The van der Waals surface area contributed by atoms with Crippen LogP contribution in [0.1, 0.15) is 18.9 Å². The Labute approximate surface area is 169 Å². The molecule has 4 aromatic rings. The van der Waals surface area contributed by atoms with Crippen LogP contribution in [0.2, 0.25) is 0 Å². The van der Waals surface area contributed by atoms with Crippen LogP contribution < -0.4 is 10.6 Å². The molecule has 2 aromatic carbocycles. The van der Waals surface area contributed by atoms with Crippen molar-refractivity contribution >= 4 is 28.3 Å². The quantitative estimate of drug-likeness (QED) is 0.499. The van der Waals surface area contributed by atoms with Gasteiger partial charge in [0.2, 0.25) is 5.91 Å². The number of anilines is 2. The van der Waals surface area contributed by atoms with Gasteiger partial charge in [-0.1, -0.05) is 43.3 Å². The Kier molecular flexibility index (Phi) is 5.52. The van der Waals surface area contributed by atoms with E-state index in [1.54, 1.807) is 0 Å². The first kappa shape index (κ1) is 18.7. The second-order valence-corrected chi connectivity index (χ2v) is 6.84. The molecule has 146 valence electrons. The van der Waals surface area contributed by atoms with Gasteiger partial charge in [-0.15, -0.1) is 10.2 Å². The van der Waals surface area contributed by atoms with Crippen LogP contribution in [-0.4, -0.2) is 27.2 Å². The van der Waals surface area contributed by atoms with Crippen molar-refractivity contribution in [3.05, 3.63) is 78.5 Å². The van der Waals surface area contributed by atoms with Gasteiger partial charge in [0.15, 0.2) is 11.6 Å². The van der Waals surface area contributed by atoms with Crippen molar-refractivity contribution in [1.29, 1.82) is 0 Å². The van der Waals surface area contributed by atoms with E-state index < -0.39 is 0 Å². The maximum Gasteiger partial charge on any atom is 0.224 e. The number of nitrogens with one attached hydrogen (secondary N) is 2. The molecule has 0 saturated heterocycles. The molecule has 6 heteroatoms. The van der Waals surface area contributed by atoms with Crippen molar-refractivity contribution < 1.29 is 4.79 Å². The third kappa shape index (κ3) is 4.27. The predicted molar refractivity (Wildman–Crippen MR) is 116 cm³/mol. The zero-order chi connectivity index (χ0) is 20.1. The van der Waals surface area contributed by atoms with Gasteiger partial charge in [-0.2, -0.15) is 0 Å². The number of hydrogen-bond donors (Lipinski definition) is 2. The van der Waals surface area contributed by atoms with Crippen LogP contribution >= 0.6 is 0 Å². The number of para-hydroxylation sites is 2. The Morgan fingerprint density at radius 1 is 0.966 bits per heavy atom. The molecule has 29 heavy (non-hydrogen) atoms. The summed E-state index contributed by atoms with van der Waals surface area (Å²) in [6.07, 6.45) is 3.24. The summed E-state index contributed by atoms with van der Waals surface area (Å²) in [4.78, 5) is 12.2. The van der Waals surface area contributed by atoms with E-state index in [0.717, 1.165) is 28.6 Å². The van der Waals surface area contributed by atoms with Gasteiger partial charge >= 0.3 is 0 Å². The van der Waals surface area contributed by atoms with Gasteiger partial charge < -0.3 is 10.6 Å².